The lowest BCUT2D eigenvalue weighted by Gasteiger charge is -2.19. The number of aliphatic carboxylic acids is 1. The molecule has 1 unspecified atom stereocenters. The normalized spacial score (nSPS) is 14.8. The fourth-order valence-electron chi connectivity index (χ4n) is 4.79. The molecule has 0 fully saturated rings. The summed E-state index contributed by atoms with van der Waals surface area (Å²) in [5, 5.41) is 13.0. The van der Waals surface area contributed by atoms with Gasteiger partial charge >= 0.3 is 5.97 Å². The SMILES string of the molecule is O=C(O)CC(c1ccc2c(c1)OCO2)n1cnc2cc(OCCc3ccc4c(n3)NCCC4)ccc21. The van der Waals surface area contributed by atoms with Crippen LogP contribution in [-0.2, 0) is 17.6 Å². The molecule has 9 heteroatoms. The molecular weight excluding hydrogens is 460 g/mol. The quantitative estimate of drug-likeness (QED) is 0.382. The van der Waals surface area contributed by atoms with E-state index in [0.717, 1.165) is 47.5 Å². The minimum Gasteiger partial charge on any atom is -0.493 e. The van der Waals surface area contributed by atoms with Crippen molar-refractivity contribution in [3.05, 3.63) is 71.7 Å². The number of fused-ring (bicyclic) bond motifs is 3. The Balaban J connectivity index is 1.19. The first-order valence-corrected chi connectivity index (χ1v) is 12.1. The number of pyridine rings is 1. The summed E-state index contributed by atoms with van der Waals surface area (Å²) in [5.74, 6) is 2.08. The van der Waals surface area contributed by atoms with Gasteiger partial charge in [-0.1, -0.05) is 12.1 Å². The van der Waals surface area contributed by atoms with Crippen molar-refractivity contribution >= 4 is 22.8 Å². The van der Waals surface area contributed by atoms with Crippen molar-refractivity contribution < 1.29 is 24.1 Å². The van der Waals surface area contributed by atoms with Crippen LogP contribution in [0, 0.1) is 0 Å². The fraction of sp³-hybridized carbons (Fsp3) is 0.296. The van der Waals surface area contributed by atoms with Gasteiger partial charge in [-0.2, -0.15) is 0 Å². The first kappa shape index (κ1) is 22.2. The number of nitrogens with zero attached hydrogens (tertiary/aromatic N) is 3. The number of carboxylic acids is 1. The van der Waals surface area contributed by atoms with E-state index in [1.54, 1.807) is 6.33 Å². The molecule has 0 saturated heterocycles. The van der Waals surface area contributed by atoms with Gasteiger partial charge < -0.3 is 29.2 Å². The monoisotopic (exact) mass is 486 g/mol. The van der Waals surface area contributed by atoms with Crippen molar-refractivity contribution in [2.24, 2.45) is 0 Å². The molecule has 0 bridgehead atoms. The van der Waals surface area contributed by atoms with Crippen molar-refractivity contribution in [3.63, 3.8) is 0 Å². The Bertz CT molecular complexity index is 1430. The molecule has 0 spiro atoms. The lowest BCUT2D eigenvalue weighted by Crippen LogP contribution is -2.14. The van der Waals surface area contributed by atoms with Crippen molar-refractivity contribution in [3.8, 4) is 17.2 Å². The number of hydrogen-bond acceptors (Lipinski definition) is 7. The Hall–Kier alpha value is -4.27. The predicted octanol–water partition coefficient (Wildman–Crippen LogP) is 4.20. The highest BCUT2D eigenvalue weighted by molar-refractivity contribution is 5.78. The van der Waals surface area contributed by atoms with Crippen LogP contribution >= 0.6 is 0 Å². The minimum absolute atomic E-state index is 0.0913. The molecule has 0 aliphatic carbocycles. The lowest BCUT2D eigenvalue weighted by atomic mass is 10.0. The highest BCUT2D eigenvalue weighted by Gasteiger charge is 2.23. The highest BCUT2D eigenvalue weighted by atomic mass is 16.7. The summed E-state index contributed by atoms with van der Waals surface area (Å²) >= 11 is 0. The standard InChI is InChI=1S/C27H26N4O5/c32-26(33)14-23(18-4-8-24-25(12-18)36-16-35-24)31-15-29-21-13-20(6-7-22(21)31)34-11-9-19-5-3-17-2-1-10-28-27(17)30-19/h3-8,12-13,15,23H,1-2,9-11,14,16H2,(H,28,30)(H,32,33). The number of aryl methyl sites for hydroxylation is 1. The molecule has 2 aliphatic rings. The summed E-state index contributed by atoms with van der Waals surface area (Å²) < 4.78 is 18.8. The first-order valence-electron chi connectivity index (χ1n) is 12.1. The summed E-state index contributed by atoms with van der Waals surface area (Å²) in [6, 6.07) is 15.0. The van der Waals surface area contributed by atoms with E-state index in [2.05, 4.69) is 22.4 Å². The van der Waals surface area contributed by atoms with E-state index < -0.39 is 12.0 Å². The number of anilines is 1. The van der Waals surface area contributed by atoms with Gasteiger partial charge in [0.15, 0.2) is 11.5 Å². The number of carbonyl (C=O) groups is 1. The summed E-state index contributed by atoms with van der Waals surface area (Å²) in [7, 11) is 0. The van der Waals surface area contributed by atoms with E-state index in [1.807, 2.05) is 41.0 Å². The largest absolute Gasteiger partial charge is 0.493 e. The van der Waals surface area contributed by atoms with Gasteiger partial charge in [-0.15, -0.1) is 0 Å². The van der Waals surface area contributed by atoms with Gasteiger partial charge in [0.25, 0.3) is 0 Å². The van der Waals surface area contributed by atoms with E-state index in [1.165, 1.54) is 5.56 Å². The molecule has 1 atom stereocenters. The van der Waals surface area contributed by atoms with Crippen LogP contribution in [0.25, 0.3) is 11.0 Å². The second kappa shape index (κ2) is 9.41. The zero-order valence-corrected chi connectivity index (χ0v) is 19.6. The average molecular weight is 487 g/mol. The van der Waals surface area contributed by atoms with E-state index in [4.69, 9.17) is 19.2 Å². The Morgan fingerprint density at radius 3 is 2.97 bits per heavy atom. The third-order valence-corrected chi connectivity index (χ3v) is 6.61. The Morgan fingerprint density at radius 2 is 2.06 bits per heavy atom. The predicted molar refractivity (Wildman–Crippen MR) is 133 cm³/mol. The van der Waals surface area contributed by atoms with E-state index >= 15 is 0 Å². The number of rotatable bonds is 8. The molecule has 0 saturated carbocycles. The van der Waals surface area contributed by atoms with Crippen LogP contribution < -0.4 is 19.5 Å². The zero-order chi connectivity index (χ0) is 24.5. The van der Waals surface area contributed by atoms with Gasteiger partial charge in [-0.3, -0.25) is 4.79 Å². The molecule has 184 valence electrons. The summed E-state index contributed by atoms with van der Waals surface area (Å²) in [4.78, 5) is 21.0. The average Bonchev–Trinajstić information content (AvgIpc) is 3.53. The molecule has 2 aromatic heterocycles. The van der Waals surface area contributed by atoms with Gasteiger partial charge in [0.1, 0.15) is 11.6 Å². The Morgan fingerprint density at radius 1 is 1.14 bits per heavy atom. The number of hydrogen-bond donors (Lipinski definition) is 2. The molecule has 0 radical (unpaired) electrons. The molecule has 0 amide bonds. The van der Waals surface area contributed by atoms with E-state index in [9.17, 15) is 9.90 Å². The minimum atomic E-state index is -0.898. The number of imidazole rings is 1. The smallest absolute Gasteiger partial charge is 0.305 e. The van der Waals surface area contributed by atoms with Crippen LogP contribution in [0.4, 0.5) is 5.82 Å². The lowest BCUT2D eigenvalue weighted by molar-refractivity contribution is -0.137. The van der Waals surface area contributed by atoms with Gasteiger partial charge in [-0.25, -0.2) is 9.97 Å². The highest BCUT2D eigenvalue weighted by Crippen LogP contribution is 2.37. The molecule has 6 rings (SSSR count). The topological polar surface area (TPSA) is 108 Å². The molecule has 2 aliphatic heterocycles. The van der Waals surface area contributed by atoms with Gasteiger partial charge in [0.05, 0.1) is 36.4 Å². The van der Waals surface area contributed by atoms with Crippen molar-refractivity contribution in [1.29, 1.82) is 0 Å². The first-order chi connectivity index (χ1) is 17.6. The summed E-state index contributed by atoms with van der Waals surface area (Å²) in [6.07, 6.45) is 4.50. The van der Waals surface area contributed by atoms with Crippen LogP contribution in [0.2, 0.25) is 0 Å². The molecule has 2 aromatic carbocycles. The van der Waals surface area contributed by atoms with Gasteiger partial charge in [0, 0.05) is 24.7 Å². The maximum absolute atomic E-state index is 11.7. The number of benzene rings is 2. The molecule has 9 nitrogen and oxygen atoms in total. The van der Waals surface area contributed by atoms with Crippen molar-refractivity contribution in [2.45, 2.75) is 31.7 Å². The Labute approximate surface area is 207 Å². The molecule has 36 heavy (non-hydrogen) atoms. The summed E-state index contributed by atoms with van der Waals surface area (Å²) in [6.45, 7) is 1.63. The number of carboxylic acid groups (broad SMARTS) is 1. The second-order valence-electron chi connectivity index (χ2n) is 8.97. The van der Waals surface area contributed by atoms with E-state index in [-0.39, 0.29) is 13.2 Å². The molecule has 2 N–H and O–H groups in total. The zero-order valence-electron chi connectivity index (χ0n) is 19.6. The van der Waals surface area contributed by atoms with Gasteiger partial charge in [-0.05, 0) is 54.3 Å². The van der Waals surface area contributed by atoms with Crippen molar-refractivity contribution in [2.75, 3.05) is 25.3 Å². The third kappa shape index (κ3) is 4.39. The van der Waals surface area contributed by atoms with Crippen LogP contribution in [-0.4, -0.2) is 45.6 Å². The maximum atomic E-state index is 11.7. The third-order valence-electron chi connectivity index (χ3n) is 6.61. The number of nitrogens with one attached hydrogen (secondary N) is 1. The van der Waals surface area contributed by atoms with Crippen LogP contribution in [0.5, 0.6) is 17.2 Å². The molecule has 4 aromatic rings. The van der Waals surface area contributed by atoms with Crippen molar-refractivity contribution in [1.82, 2.24) is 14.5 Å². The van der Waals surface area contributed by atoms with Gasteiger partial charge in [0.2, 0.25) is 6.79 Å². The van der Waals surface area contributed by atoms with Crippen LogP contribution in [0.3, 0.4) is 0 Å². The van der Waals surface area contributed by atoms with Crippen LogP contribution in [0.1, 0.15) is 35.7 Å². The molecular formula is C27H26N4O5. The van der Waals surface area contributed by atoms with E-state index in [0.29, 0.717) is 30.3 Å². The fourth-order valence-corrected chi connectivity index (χ4v) is 4.79. The second-order valence-corrected chi connectivity index (χ2v) is 8.97. The molecule has 4 heterocycles. The van der Waals surface area contributed by atoms with Crippen LogP contribution in [0.15, 0.2) is 54.9 Å². The number of ether oxygens (including phenoxy) is 3. The summed E-state index contributed by atoms with van der Waals surface area (Å²) in [5.41, 5.74) is 4.64. The maximum Gasteiger partial charge on any atom is 0.305 e. The Kier molecular flexibility index (Phi) is 5.80. The number of aromatic nitrogens is 3.